The first-order chi connectivity index (χ1) is 8.75. The van der Waals surface area contributed by atoms with Gasteiger partial charge < -0.3 is 4.74 Å². The number of halogens is 1. The van der Waals surface area contributed by atoms with E-state index in [2.05, 4.69) is 41.1 Å². The van der Waals surface area contributed by atoms with Crippen molar-refractivity contribution in [1.82, 2.24) is 0 Å². The fraction of sp³-hybridized carbons (Fsp3) is 0.250. The number of ether oxygens (including phenoxy) is 1. The van der Waals surface area contributed by atoms with Gasteiger partial charge in [-0.15, -0.1) is 0 Å². The molecule has 18 heavy (non-hydrogen) atoms. The zero-order chi connectivity index (χ0) is 13.4. The second kappa shape index (κ2) is 7.93. The topological polar surface area (TPSA) is 9.23 Å². The van der Waals surface area contributed by atoms with Gasteiger partial charge in [-0.3, -0.25) is 0 Å². The van der Waals surface area contributed by atoms with E-state index in [1.807, 2.05) is 44.2 Å². The molecule has 2 aromatic carbocycles. The molecule has 0 aliphatic heterocycles. The third kappa shape index (κ3) is 4.53. The van der Waals surface area contributed by atoms with Gasteiger partial charge in [0, 0.05) is 10.0 Å². The minimum atomic E-state index is 0.590. The highest BCUT2D eigenvalue weighted by molar-refractivity contribution is 9.10. The summed E-state index contributed by atoms with van der Waals surface area (Å²) in [6, 6.07) is 16.1. The molecular formula is C16H19BrO. The summed E-state index contributed by atoms with van der Waals surface area (Å²) in [5, 5.41) is 0. The summed E-state index contributed by atoms with van der Waals surface area (Å²) >= 11 is 3.52. The molecule has 2 aromatic rings. The molecule has 0 heterocycles. The summed E-state index contributed by atoms with van der Waals surface area (Å²) in [4.78, 5) is 0. The van der Waals surface area contributed by atoms with Crippen molar-refractivity contribution < 1.29 is 4.74 Å². The van der Waals surface area contributed by atoms with Gasteiger partial charge in [-0.05, 0) is 25.1 Å². The van der Waals surface area contributed by atoms with E-state index in [1.165, 1.54) is 11.1 Å². The molecule has 96 valence electrons. The maximum atomic E-state index is 5.70. The number of hydrogen-bond acceptors (Lipinski definition) is 1. The van der Waals surface area contributed by atoms with Gasteiger partial charge in [-0.2, -0.15) is 0 Å². The minimum absolute atomic E-state index is 0.590. The largest absolute Gasteiger partial charge is 0.489 e. The Morgan fingerprint density at radius 1 is 1.00 bits per heavy atom. The van der Waals surface area contributed by atoms with Gasteiger partial charge >= 0.3 is 0 Å². The van der Waals surface area contributed by atoms with Crippen LogP contribution in [0.4, 0.5) is 0 Å². The van der Waals surface area contributed by atoms with E-state index in [4.69, 9.17) is 4.74 Å². The number of rotatable bonds is 3. The summed E-state index contributed by atoms with van der Waals surface area (Å²) < 4.78 is 6.79. The van der Waals surface area contributed by atoms with Gasteiger partial charge in [-0.1, -0.05) is 65.7 Å². The second-order valence-corrected chi connectivity index (χ2v) is 4.55. The molecule has 0 saturated heterocycles. The predicted molar refractivity (Wildman–Crippen MR) is 81.0 cm³/mol. The number of para-hydroxylation sites is 1. The van der Waals surface area contributed by atoms with Crippen LogP contribution in [0, 0.1) is 6.92 Å². The van der Waals surface area contributed by atoms with Gasteiger partial charge in [-0.25, -0.2) is 0 Å². The zero-order valence-corrected chi connectivity index (χ0v) is 12.7. The molecule has 2 rings (SSSR count). The highest BCUT2D eigenvalue weighted by Gasteiger charge is 2.01. The highest BCUT2D eigenvalue weighted by atomic mass is 79.9. The summed E-state index contributed by atoms with van der Waals surface area (Å²) in [6.45, 7) is 6.67. The quantitative estimate of drug-likeness (QED) is 0.741. The maximum Gasteiger partial charge on any atom is 0.119 e. The summed E-state index contributed by atoms with van der Waals surface area (Å²) in [7, 11) is 0. The first-order valence-corrected chi connectivity index (χ1v) is 6.98. The van der Waals surface area contributed by atoms with Crippen LogP contribution in [0.25, 0.3) is 0 Å². The van der Waals surface area contributed by atoms with Crippen LogP contribution in [-0.4, -0.2) is 0 Å². The molecule has 0 atom stereocenters. The first-order valence-electron chi connectivity index (χ1n) is 6.18. The Morgan fingerprint density at radius 2 is 1.67 bits per heavy atom. The van der Waals surface area contributed by atoms with Gasteiger partial charge in [0.05, 0.1) is 0 Å². The average molecular weight is 307 g/mol. The molecule has 0 radical (unpaired) electrons. The Kier molecular flexibility index (Phi) is 6.51. The normalized spacial score (nSPS) is 9.33. The molecule has 0 aromatic heterocycles. The minimum Gasteiger partial charge on any atom is -0.489 e. The molecule has 0 amide bonds. The van der Waals surface area contributed by atoms with E-state index >= 15 is 0 Å². The van der Waals surface area contributed by atoms with Crippen LogP contribution in [0.3, 0.4) is 0 Å². The standard InChI is InChI=1S/C14H13BrO.C2H6/c1-11-7-8-14(15)12(9-11)10-16-13-5-3-2-4-6-13;1-2/h2-9H,10H2,1H3;1-2H3. The Bertz CT molecular complexity index is 466. The zero-order valence-electron chi connectivity index (χ0n) is 11.1. The Balaban J connectivity index is 0.000000771. The van der Waals surface area contributed by atoms with Crippen molar-refractivity contribution in [2.75, 3.05) is 0 Å². The van der Waals surface area contributed by atoms with Crippen molar-refractivity contribution in [3.63, 3.8) is 0 Å². The molecule has 0 unspecified atom stereocenters. The van der Waals surface area contributed by atoms with Gasteiger partial charge in [0.15, 0.2) is 0 Å². The molecule has 0 bridgehead atoms. The predicted octanol–water partition coefficient (Wildman–Crippen LogP) is 5.36. The molecule has 0 fully saturated rings. The molecule has 0 spiro atoms. The van der Waals surface area contributed by atoms with Crippen LogP contribution in [0.5, 0.6) is 5.75 Å². The SMILES string of the molecule is CC.Cc1ccc(Br)c(COc2ccccc2)c1. The average Bonchev–Trinajstić information content (AvgIpc) is 2.43. The molecule has 2 heteroatoms. The van der Waals surface area contributed by atoms with E-state index < -0.39 is 0 Å². The lowest BCUT2D eigenvalue weighted by Gasteiger charge is -2.08. The van der Waals surface area contributed by atoms with Crippen LogP contribution < -0.4 is 4.74 Å². The van der Waals surface area contributed by atoms with Crippen molar-refractivity contribution in [2.45, 2.75) is 27.4 Å². The van der Waals surface area contributed by atoms with Gasteiger partial charge in [0.1, 0.15) is 12.4 Å². The van der Waals surface area contributed by atoms with Crippen LogP contribution in [0.15, 0.2) is 53.0 Å². The second-order valence-electron chi connectivity index (χ2n) is 3.70. The van der Waals surface area contributed by atoms with Crippen molar-refractivity contribution in [2.24, 2.45) is 0 Å². The lowest BCUT2D eigenvalue weighted by Crippen LogP contribution is -1.96. The summed E-state index contributed by atoms with van der Waals surface area (Å²) in [5.74, 6) is 0.899. The fourth-order valence-corrected chi connectivity index (χ4v) is 1.85. The third-order valence-corrected chi connectivity index (χ3v) is 3.11. The molecule has 0 N–H and O–H groups in total. The molecular weight excluding hydrogens is 288 g/mol. The van der Waals surface area contributed by atoms with E-state index in [-0.39, 0.29) is 0 Å². The summed E-state index contributed by atoms with van der Waals surface area (Å²) in [6.07, 6.45) is 0. The molecule has 0 saturated carbocycles. The molecule has 0 aliphatic rings. The van der Waals surface area contributed by atoms with Crippen molar-refractivity contribution in [3.05, 3.63) is 64.1 Å². The fourth-order valence-electron chi connectivity index (χ4n) is 1.49. The van der Waals surface area contributed by atoms with Gasteiger partial charge in [0.2, 0.25) is 0 Å². The Morgan fingerprint density at radius 3 is 2.33 bits per heavy atom. The van der Waals surface area contributed by atoms with Crippen molar-refractivity contribution >= 4 is 15.9 Å². The Labute approximate surface area is 118 Å². The van der Waals surface area contributed by atoms with E-state index in [1.54, 1.807) is 0 Å². The van der Waals surface area contributed by atoms with Crippen LogP contribution in [0.2, 0.25) is 0 Å². The third-order valence-electron chi connectivity index (χ3n) is 2.34. The Hall–Kier alpha value is -1.28. The number of benzene rings is 2. The molecule has 0 aliphatic carbocycles. The highest BCUT2D eigenvalue weighted by Crippen LogP contribution is 2.20. The summed E-state index contributed by atoms with van der Waals surface area (Å²) in [5.41, 5.74) is 2.42. The van der Waals surface area contributed by atoms with Crippen molar-refractivity contribution in [1.29, 1.82) is 0 Å². The van der Waals surface area contributed by atoms with E-state index in [0.717, 1.165) is 10.2 Å². The number of hydrogen-bond donors (Lipinski definition) is 0. The van der Waals surface area contributed by atoms with E-state index in [0.29, 0.717) is 6.61 Å². The maximum absolute atomic E-state index is 5.70. The van der Waals surface area contributed by atoms with Crippen molar-refractivity contribution in [3.8, 4) is 5.75 Å². The lowest BCUT2D eigenvalue weighted by atomic mass is 10.1. The number of aryl methyl sites for hydroxylation is 1. The van der Waals surface area contributed by atoms with Crippen LogP contribution in [-0.2, 0) is 6.61 Å². The molecule has 1 nitrogen and oxygen atoms in total. The monoisotopic (exact) mass is 306 g/mol. The van der Waals surface area contributed by atoms with Gasteiger partial charge in [0.25, 0.3) is 0 Å². The smallest absolute Gasteiger partial charge is 0.119 e. The lowest BCUT2D eigenvalue weighted by molar-refractivity contribution is 0.305. The van der Waals surface area contributed by atoms with Crippen LogP contribution >= 0.6 is 15.9 Å². The first kappa shape index (κ1) is 14.8. The van der Waals surface area contributed by atoms with Crippen LogP contribution in [0.1, 0.15) is 25.0 Å². The van der Waals surface area contributed by atoms with E-state index in [9.17, 15) is 0 Å².